The van der Waals surface area contributed by atoms with Crippen molar-refractivity contribution in [3.8, 4) is 45.3 Å². The van der Waals surface area contributed by atoms with Gasteiger partial charge in [0.2, 0.25) is 0 Å². The molecular formula is C59H42N4S. The van der Waals surface area contributed by atoms with Gasteiger partial charge in [0.1, 0.15) is 0 Å². The minimum atomic E-state index is 0.155. The van der Waals surface area contributed by atoms with Crippen molar-refractivity contribution in [2.24, 2.45) is 0 Å². The van der Waals surface area contributed by atoms with Crippen molar-refractivity contribution in [2.75, 3.05) is 0 Å². The molecule has 3 heterocycles. The first-order valence-corrected chi connectivity index (χ1v) is 23.3. The lowest BCUT2D eigenvalue weighted by Crippen LogP contribution is -2.17. The van der Waals surface area contributed by atoms with Crippen LogP contribution in [0.3, 0.4) is 0 Å². The zero-order valence-electron chi connectivity index (χ0n) is 35.2. The van der Waals surface area contributed by atoms with Crippen LogP contribution in [0.2, 0.25) is 0 Å². The summed E-state index contributed by atoms with van der Waals surface area (Å²) in [5.74, 6) is 2.22. The van der Waals surface area contributed by atoms with Crippen LogP contribution in [-0.2, 0) is 6.42 Å². The Morgan fingerprint density at radius 1 is 0.547 bits per heavy atom. The maximum atomic E-state index is 5.10. The standard InChI is InChI=1S/C59H42N4S/c1-5-18-37(19-6-1)48-35-51-54(45-28-15-13-26-42(45)48)55-46-29-16-14-27-43(46)49(38-20-7-2-8-21-38)36-52(55)63(51)50-31-17-30-47-44-33-32-41(34-53(44)64-56(47)50)59-61-57(39-22-9-3-10-23-39)60-58(62-59)40-24-11-4-12-25-40/h1,3-7,9-13,15-26,28-36,47,56H,2,8,14,27H2. The molecule has 7 aromatic carbocycles. The summed E-state index contributed by atoms with van der Waals surface area (Å²) in [5.41, 5.74) is 16.2. The quantitative estimate of drug-likeness (QED) is 0.167. The van der Waals surface area contributed by atoms with Gasteiger partial charge in [0, 0.05) is 44.0 Å². The molecule has 13 rings (SSSR count). The van der Waals surface area contributed by atoms with E-state index in [2.05, 4.69) is 162 Å². The molecule has 5 heteroatoms. The molecular weight excluding hydrogens is 797 g/mol. The highest BCUT2D eigenvalue weighted by molar-refractivity contribution is 8.00. The Kier molecular flexibility index (Phi) is 8.83. The van der Waals surface area contributed by atoms with Gasteiger partial charge in [0.05, 0.1) is 16.3 Å². The van der Waals surface area contributed by atoms with Gasteiger partial charge in [0.25, 0.3) is 0 Å². The highest BCUT2D eigenvalue weighted by Gasteiger charge is 2.38. The zero-order chi connectivity index (χ0) is 42.1. The van der Waals surface area contributed by atoms with Crippen LogP contribution in [0.25, 0.3) is 95.2 Å². The summed E-state index contributed by atoms with van der Waals surface area (Å²) in [6.07, 6.45) is 23.3. The van der Waals surface area contributed by atoms with Crippen molar-refractivity contribution in [3.63, 3.8) is 0 Å². The Morgan fingerprint density at radius 2 is 1.19 bits per heavy atom. The fourth-order valence-corrected chi connectivity index (χ4v) is 12.1. The number of aromatic nitrogens is 4. The maximum Gasteiger partial charge on any atom is 0.164 e. The molecule has 0 N–H and O–H groups in total. The number of fused-ring (bicyclic) bond motifs is 10. The average molecular weight is 839 g/mol. The van der Waals surface area contributed by atoms with Crippen LogP contribution < -0.4 is 0 Å². The molecule has 304 valence electrons. The van der Waals surface area contributed by atoms with Crippen molar-refractivity contribution < 1.29 is 0 Å². The lowest BCUT2D eigenvalue weighted by Gasteiger charge is -2.26. The maximum absolute atomic E-state index is 5.10. The van der Waals surface area contributed by atoms with Crippen LogP contribution >= 0.6 is 11.8 Å². The Bertz CT molecular complexity index is 3460. The summed E-state index contributed by atoms with van der Waals surface area (Å²) in [6, 6.07) is 52.3. The number of rotatable bonds is 6. The Labute approximate surface area is 376 Å². The molecule has 0 fully saturated rings. The number of benzene rings is 7. The molecule has 2 unspecified atom stereocenters. The molecule has 0 bridgehead atoms. The second-order valence-electron chi connectivity index (χ2n) is 17.2. The molecule has 0 amide bonds. The first kappa shape index (κ1) is 37.2. The van der Waals surface area contributed by atoms with Gasteiger partial charge in [-0.2, -0.15) is 0 Å². The van der Waals surface area contributed by atoms with Crippen molar-refractivity contribution in [1.29, 1.82) is 0 Å². The van der Waals surface area contributed by atoms with Gasteiger partial charge < -0.3 is 4.57 Å². The summed E-state index contributed by atoms with van der Waals surface area (Å²) >= 11 is 1.97. The van der Waals surface area contributed by atoms with Gasteiger partial charge in [-0.15, -0.1) is 11.8 Å². The monoisotopic (exact) mass is 838 g/mol. The van der Waals surface area contributed by atoms with Gasteiger partial charge in [0.15, 0.2) is 17.5 Å². The van der Waals surface area contributed by atoms with E-state index in [1.165, 1.54) is 82.1 Å². The molecule has 1 aliphatic heterocycles. The number of allylic oxidation sites excluding steroid dienone is 8. The minimum Gasteiger partial charge on any atom is -0.312 e. The van der Waals surface area contributed by atoms with E-state index in [1.54, 1.807) is 0 Å². The van der Waals surface area contributed by atoms with E-state index >= 15 is 0 Å². The third-order valence-electron chi connectivity index (χ3n) is 13.5. The predicted octanol–water partition coefficient (Wildman–Crippen LogP) is 15.2. The molecule has 3 aliphatic carbocycles. The van der Waals surface area contributed by atoms with Crippen LogP contribution in [0.15, 0.2) is 193 Å². The molecule has 2 aromatic heterocycles. The highest BCUT2D eigenvalue weighted by atomic mass is 32.2. The molecule has 9 aromatic rings. The van der Waals surface area contributed by atoms with Gasteiger partial charge >= 0.3 is 0 Å². The van der Waals surface area contributed by atoms with Crippen LogP contribution in [-0.4, -0.2) is 24.8 Å². The molecule has 0 radical (unpaired) electrons. The predicted molar refractivity (Wildman–Crippen MR) is 268 cm³/mol. The van der Waals surface area contributed by atoms with E-state index in [1.807, 2.05) is 48.2 Å². The van der Waals surface area contributed by atoms with Gasteiger partial charge in [-0.3, -0.25) is 0 Å². The van der Waals surface area contributed by atoms with Crippen LogP contribution in [0, 0.1) is 0 Å². The highest BCUT2D eigenvalue weighted by Crippen LogP contribution is 2.55. The van der Waals surface area contributed by atoms with E-state index in [-0.39, 0.29) is 11.2 Å². The molecule has 0 spiro atoms. The SMILES string of the molecule is C1=CC2c3ccc(-c4nc(-c5ccccc5)nc(-c5ccccc5)n4)cc3SC2C(n2c3cc(C4=CCCC=C4)c4c(c3c3c5ccccc5c(-c5ccccc5)cc32)C=CCC4)=C1. The lowest BCUT2D eigenvalue weighted by molar-refractivity contribution is 0.863. The molecule has 2 atom stereocenters. The molecule has 64 heavy (non-hydrogen) atoms. The van der Waals surface area contributed by atoms with E-state index < -0.39 is 0 Å². The number of hydrogen-bond acceptors (Lipinski definition) is 4. The summed E-state index contributed by atoms with van der Waals surface area (Å²) in [4.78, 5) is 16.4. The van der Waals surface area contributed by atoms with E-state index in [0.29, 0.717) is 17.5 Å². The van der Waals surface area contributed by atoms with Crippen molar-refractivity contribution >= 4 is 61.7 Å². The second kappa shape index (κ2) is 15.2. The number of hydrogen-bond donors (Lipinski definition) is 0. The molecule has 4 aliphatic rings. The fourth-order valence-electron chi connectivity index (χ4n) is 10.6. The molecule has 0 saturated carbocycles. The summed E-state index contributed by atoms with van der Waals surface area (Å²) in [7, 11) is 0. The third kappa shape index (κ3) is 6.02. The average Bonchev–Trinajstić information content (AvgIpc) is 3.92. The van der Waals surface area contributed by atoms with Gasteiger partial charge in [-0.1, -0.05) is 170 Å². The van der Waals surface area contributed by atoms with Crippen molar-refractivity contribution in [2.45, 2.75) is 41.7 Å². The Balaban J connectivity index is 1.01. The number of nitrogens with zero attached hydrogens (tertiary/aromatic N) is 4. The second-order valence-corrected chi connectivity index (χ2v) is 18.4. The Morgan fingerprint density at radius 3 is 1.91 bits per heavy atom. The Hall–Kier alpha value is -7.34. The van der Waals surface area contributed by atoms with Crippen LogP contribution in [0.1, 0.15) is 47.4 Å². The van der Waals surface area contributed by atoms with Gasteiger partial charge in [-0.25, -0.2) is 15.0 Å². The van der Waals surface area contributed by atoms with E-state index in [4.69, 9.17) is 15.0 Å². The summed E-state index contributed by atoms with van der Waals surface area (Å²) < 4.78 is 2.65. The normalized spacial score (nSPS) is 17.4. The van der Waals surface area contributed by atoms with E-state index in [9.17, 15) is 0 Å². The topological polar surface area (TPSA) is 43.6 Å². The van der Waals surface area contributed by atoms with Crippen LogP contribution in [0.5, 0.6) is 0 Å². The smallest absolute Gasteiger partial charge is 0.164 e. The first-order chi connectivity index (χ1) is 31.7. The van der Waals surface area contributed by atoms with Crippen molar-refractivity contribution in [1.82, 2.24) is 19.5 Å². The van der Waals surface area contributed by atoms with Gasteiger partial charge in [-0.05, 0) is 99.7 Å². The summed E-state index contributed by atoms with van der Waals surface area (Å²) in [5, 5.41) is 5.42. The zero-order valence-corrected chi connectivity index (χ0v) is 36.0. The first-order valence-electron chi connectivity index (χ1n) is 22.5. The van der Waals surface area contributed by atoms with E-state index in [0.717, 1.165) is 42.4 Å². The van der Waals surface area contributed by atoms with Crippen LogP contribution in [0.4, 0.5) is 0 Å². The lowest BCUT2D eigenvalue weighted by atomic mass is 9.84. The minimum absolute atomic E-state index is 0.155. The third-order valence-corrected chi connectivity index (χ3v) is 14.9. The largest absolute Gasteiger partial charge is 0.312 e. The number of thioether (sulfide) groups is 1. The fraction of sp³-hybridized carbons (Fsp3) is 0.102. The molecule has 4 nitrogen and oxygen atoms in total. The van der Waals surface area contributed by atoms with Crippen molar-refractivity contribution in [3.05, 3.63) is 210 Å². The molecule has 0 saturated heterocycles. The summed E-state index contributed by atoms with van der Waals surface area (Å²) in [6.45, 7) is 0.